The summed E-state index contributed by atoms with van der Waals surface area (Å²) in [5.41, 5.74) is 1.91. The molecule has 0 saturated carbocycles. The first-order valence-electron chi connectivity index (χ1n) is 4.51. The number of rotatable bonds is 0. The van der Waals surface area contributed by atoms with Crippen LogP contribution in [-0.4, -0.2) is 23.1 Å². The average molecular weight is 189 g/mol. The van der Waals surface area contributed by atoms with Crippen LogP contribution in [-0.2, 0) is 4.79 Å². The Morgan fingerprint density at radius 2 is 2.43 bits per heavy atom. The van der Waals surface area contributed by atoms with Crippen LogP contribution in [0.1, 0.15) is 19.0 Å². The third-order valence-electron chi connectivity index (χ3n) is 2.33. The van der Waals surface area contributed by atoms with Gasteiger partial charge in [0.1, 0.15) is 5.69 Å². The SMILES string of the molecule is CC(=O)N1CCC(=N)c2ncccc21. The number of carbonyl (C=O) groups is 1. The normalized spacial score (nSPS) is 15.2. The molecule has 1 amide bonds. The molecule has 0 atom stereocenters. The first-order chi connectivity index (χ1) is 6.70. The number of hydrogen-bond donors (Lipinski definition) is 1. The van der Waals surface area contributed by atoms with Gasteiger partial charge >= 0.3 is 0 Å². The molecule has 0 fully saturated rings. The second-order valence-corrected chi connectivity index (χ2v) is 3.27. The Kier molecular flexibility index (Phi) is 2.04. The van der Waals surface area contributed by atoms with Crippen molar-refractivity contribution in [2.75, 3.05) is 11.4 Å². The zero-order chi connectivity index (χ0) is 10.1. The Morgan fingerprint density at radius 3 is 3.14 bits per heavy atom. The number of carbonyl (C=O) groups excluding carboxylic acids is 1. The molecule has 4 nitrogen and oxygen atoms in total. The summed E-state index contributed by atoms with van der Waals surface area (Å²) in [6.45, 7) is 2.12. The zero-order valence-electron chi connectivity index (χ0n) is 7.95. The van der Waals surface area contributed by atoms with Crippen molar-refractivity contribution in [3.8, 4) is 0 Å². The van der Waals surface area contributed by atoms with E-state index in [1.807, 2.05) is 6.07 Å². The predicted molar refractivity (Wildman–Crippen MR) is 53.7 cm³/mol. The summed E-state index contributed by atoms with van der Waals surface area (Å²) in [6, 6.07) is 3.62. The van der Waals surface area contributed by atoms with Crippen LogP contribution in [0.4, 0.5) is 5.69 Å². The van der Waals surface area contributed by atoms with E-state index in [0.29, 0.717) is 24.4 Å². The van der Waals surface area contributed by atoms with Gasteiger partial charge in [0.25, 0.3) is 0 Å². The van der Waals surface area contributed by atoms with E-state index >= 15 is 0 Å². The molecule has 0 aromatic carbocycles. The Bertz CT molecular complexity index is 400. The van der Waals surface area contributed by atoms with Crippen molar-refractivity contribution in [3.05, 3.63) is 24.0 Å². The molecule has 2 rings (SSSR count). The minimum Gasteiger partial charge on any atom is -0.310 e. The maximum atomic E-state index is 11.3. The van der Waals surface area contributed by atoms with E-state index in [1.165, 1.54) is 6.92 Å². The number of amides is 1. The second-order valence-electron chi connectivity index (χ2n) is 3.27. The molecular formula is C10H11N3O. The van der Waals surface area contributed by atoms with E-state index in [2.05, 4.69) is 4.98 Å². The van der Waals surface area contributed by atoms with Crippen molar-refractivity contribution < 1.29 is 4.79 Å². The molecule has 0 aliphatic carbocycles. The molecule has 0 bridgehead atoms. The molecule has 0 saturated heterocycles. The van der Waals surface area contributed by atoms with Crippen LogP contribution in [0.15, 0.2) is 18.3 Å². The molecule has 1 aliphatic heterocycles. The highest BCUT2D eigenvalue weighted by atomic mass is 16.2. The second kappa shape index (κ2) is 3.21. The van der Waals surface area contributed by atoms with Gasteiger partial charge in [-0.25, -0.2) is 0 Å². The maximum absolute atomic E-state index is 11.3. The molecule has 1 N–H and O–H groups in total. The summed E-state index contributed by atoms with van der Waals surface area (Å²) in [7, 11) is 0. The van der Waals surface area contributed by atoms with Crippen molar-refractivity contribution in [1.29, 1.82) is 5.41 Å². The Morgan fingerprint density at radius 1 is 1.64 bits per heavy atom. The largest absolute Gasteiger partial charge is 0.310 e. The molecule has 72 valence electrons. The molecule has 0 radical (unpaired) electrons. The van der Waals surface area contributed by atoms with Crippen LogP contribution in [0.2, 0.25) is 0 Å². The fourth-order valence-corrected chi connectivity index (χ4v) is 1.64. The van der Waals surface area contributed by atoms with Crippen LogP contribution in [0.3, 0.4) is 0 Å². The quantitative estimate of drug-likeness (QED) is 0.666. The number of pyridine rings is 1. The Hall–Kier alpha value is -1.71. The minimum atomic E-state index is 0.00625. The molecule has 0 unspecified atom stereocenters. The van der Waals surface area contributed by atoms with E-state index in [4.69, 9.17) is 5.41 Å². The molecule has 2 heterocycles. The van der Waals surface area contributed by atoms with E-state index in [9.17, 15) is 4.79 Å². The lowest BCUT2D eigenvalue weighted by atomic mass is 10.1. The number of hydrogen-bond acceptors (Lipinski definition) is 3. The van der Waals surface area contributed by atoms with Gasteiger partial charge in [-0.05, 0) is 12.1 Å². The van der Waals surface area contributed by atoms with Crippen LogP contribution in [0.5, 0.6) is 0 Å². The van der Waals surface area contributed by atoms with Gasteiger partial charge in [-0.1, -0.05) is 0 Å². The van der Waals surface area contributed by atoms with Gasteiger partial charge in [0.05, 0.1) is 11.4 Å². The van der Waals surface area contributed by atoms with Crippen molar-refractivity contribution in [2.45, 2.75) is 13.3 Å². The van der Waals surface area contributed by atoms with Crippen molar-refractivity contribution in [2.24, 2.45) is 0 Å². The molecule has 4 heteroatoms. The molecule has 0 spiro atoms. The summed E-state index contributed by atoms with van der Waals surface area (Å²) in [4.78, 5) is 17.1. The smallest absolute Gasteiger partial charge is 0.223 e. The van der Waals surface area contributed by atoms with Crippen LogP contribution >= 0.6 is 0 Å². The van der Waals surface area contributed by atoms with Gasteiger partial charge in [0.2, 0.25) is 5.91 Å². The number of nitrogens with zero attached hydrogens (tertiary/aromatic N) is 2. The third kappa shape index (κ3) is 1.28. The van der Waals surface area contributed by atoms with Crippen molar-refractivity contribution >= 4 is 17.3 Å². The molecule has 1 aromatic rings. The number of aromatic nitrogens is 1. The Balaban J connectivity index is 2.52. The minimum absolute atomic E-state index is 0.00625. The van der Waals surface area contributed by atoms with E-state index in [-0.39, 0.29) is 5.91 Å². The Labute approximate surface area is 82.1 Å². The first kappa shape index (κ1) is 8.87. The lowest BCUT2D eigenvalue weighted by Gasteiger charge is -2.27. The lowest BCUT2D eigenvalue weighted by Crippen LogP contribution is -2.36. The number of fused-ring (bicyclic) bond motifs is 1. The monoisotopic (exact) mass is 189 g/mol. The first-order valence-corrected chi connectivity index (χ1v) is 4.51. The van der Waals surface area contributed by atoms with Gasteiger partial charge in [0.15, 0.2) is 0 Å². The summed E-state index contributed by atoms with van der Waals surface area (Å²) in [6.07, 6.45) is 2.24. The summed E-state index contributed by atoms with van der Waals surface area (Å²) in [5, 5.41) is 7.70. The molecule has 1 aliphatic rings. The molecule has 14 heavy (non-hydrogen) atoms. The van der Waals surface area contributed by atoms with E-state index in [1.54, 1.807) is 17.2 Å². The maximum Gasteiger partial charge on any atom is 0.223 e. The van der Waals surface area contributed by atoms with Gasteiger partial charge in [-0.2, -0.15) is 0 Å². The molecular weight excluding hydrogens is 178 g/mol. The topological polar surface area (TPSA) is 57.1 Å². The highest BCUT2D eigenvalue weighted by Crippen LogP contribution is 2.24. The lowest BCUT2D eigenvalue weighted by molar-refractivity contribution is -0.116. The van der Waals surface area contributed by atoms with Crippen LogP contribution < -0.4 is 4.90 Å². The summed E-state index contributed by atoms with van der Waals surface area (Å²) < 4.78 is 0. The van der Waals surface area contributed by atoms with Gasteiger partial charge in [-0.3, -0.25) is 9.78 Å². The summed E-state index contributed by atoms with van der Waals surface area (Å²) >= 11 is 0. The number of nitrogens with one attached hydrogen (secondary N) is 1. The van der Waals surface area contributed by atoms with Crippen molar-refractivity contribution in [1.82, 2.24) is 4.98 Å². The fraction of sp³-hybridized carbons (Fsp3) is 0.300. The van der Waals surface area contributed by atoms with Gasteiger partial charge in [0, 0.05) is 26.1 Å². The zero-order valence-corrected chi connectivity index (χ0v) is 7.95. The third-order valence-corrected chi connectivity index (χ3v) is 2.33. The van der Waals surface area contributed by atoms with Crippen molar-refractivity contribution in [3.63, 3.8) is 0 Å². The van der Waals surface area contributed by atoms with Gasteiger partial charge < -0.3 is 10.3 Å². The predicted octanol–water partition coefficient (Wildman–Crippen LogP) is 1.21. The van der Waals surface area contributed by atoms with Crippen LogP contribution in [0, 0.1) is 5.41 Å². The standard InChI is InChI=1S/C10H11N3O/c1-7(14)13-6-4-8(11)10-9(13)3-2-5-12-10/h2-3,5,11H,4,6H2,1H3. The highest BCUT2D eigenvalue weighted by Gasteiger charge is 2.23. The van der Waals surface area contributed by atoms with Gasteiger partial charge in [-0.15, -0.1) is 0 Å². The van der Waals surface area contributed by atoms with Crippen LogP contribution in [0.25, 0.3) is 0 Å². The molecule has 1 aromatic heterocycles. The van der Waals surface area contributed by atoms with E-state index in [0.717, 1.165) is 5.69 Å². The van der Waals surface area contributed by atoms with E-state index < -0.39 is 0 Å². The fourth-order valence-electron chi connectivity index (χ4n) is 1.64. The number of anilines is 1. The average Bonchev–Trinajstić information content (AvgIpc) is 2.18. The highest BCUT2D eigenvalue weighted by molar-refractivity contribution is 6.08. The summed E-state index contributed by atoms with van der Waals surface area (Å²) in [5.74, 6) is 0.00625.